The van der Waals surface area contributed by atoms with E-state index in [1.54, 1.807) is 0 Å². The van der Waals surface area contributed by atoms with Crippen LogP contribution in [0.15, 0.2) is 61.8 Å². The first-order valence-electron chi connectivity index (χ1n) is 7.43. The van der Waals surface area contributed by atoms with Gasteiger partial charge in [0, 0.05) is 24.1 Å². The van der Waals surface area contributed by atoms with Crippen LogP contribution in [-0.2, 0) is 7.05 Å². The van der Waals surface area contributed by atoms with Crippen LogP contribution in [0.1, 0.15) is 22.3 Å². The summed E-state index contributed by atoms with van der Waals surface area (Å²) in [6.45, 7) is 11.7. The number of para-hydroxylation sites is 1. The van der Waals surface area contributed by atoms with Crippen molar-refractivity contribution in [2.24, 2.45) is 7.05 Å². The summed E-state index contributed by atoms with van der Waals surface area (Å²) >= 11 is 0. The highest BCUT2D eigenvalue weighted by molar-refractivity contribution is 5.83. The first kappa shape index (κ1) is 15.8. The Balaban J connectivity index is 0.000000160. The standard InChI is InChI=1S/C11H12.C10H11N/c1-4-10-7-6-9(3)8-11(10)5-2;1-8-7-11(2)10-6-4-3-5-9(8)10/h4-8H,1-2H2,3H3;3-7H,1-2H3. The average Bonchev–Trinajstić information content (AvgIpc) is 2.83. The second-order valence-corrected chi connectivity index (χ2v) is 5.48. The molecule has 0 saturated carbocycles. The lowest BCUT2D eigenvalue weighted by atomic mass is 10.0. The molecule has 0 aliphatic rings. The molecule has 3 rings (SSSR count). The van der Waals surface area contributed by atoms with E-state index in [0.717, 1.165) is 11.1 Å². The fourth-order valence-electron chi connectivity index (χ4n) is 2.60. The van der Waals surface area contributed by atoms with Crippen molar-refractivity contribution in [3.63, 3.8) is 0 Å². The molecule has 22 heavy (non-hydrogen) atoms. The van der Waals surface area contributed by atoms with Gasteiger partial charge in [-0.3, -0.25) is 0 Å². The highest BCUT2D eigenvalue weighted by Gasteiger charge is 1.99. The van der Waals surface area contributed by atoms with Crippen LogP contribution in [0.4, 0.5) is 0 Å². The second-order valence-electron chi connectivity index (χ2n) is 5.48. The largest absolute Gasteiger partial charge is 0.350 e. The minimum atomic E-state index is 1.14. The van der Waals surface area contributed by atoms with E-state index in [9.17, 15) is 0 Å². The van der Waals surface area contributed by atoms with E-state index in [-0.39, 0.29) is 0 Å². The van der Waals surface area contributed by atoms with Crippen LogP contribution in [-0.4, -0.2) is 4.57 Å². The van der Waals surface area contributed by atoms with Crippen molar-refractivity contribution in [1.82, 2.24) is 4.57 Å². The fourth-order valence-corrected chi connectivity index (χ4v) is 2.60. The van der Waals surface area contributed by atoms with Crippen molar-refractivity contribution < 1.29 is 0 Å². The molecule has 0 radical (unpaired) electrons. The third-order valence-corrected chi connectivity index (χ3v) is 3.78. The van der Waals surface area contributed by atoms with Crippen molar-refractivity contribution in [2.75, 3.05) is 0 Å². The van der Waals surface area contributed by atoms with Gasteiger partial charge < -0.3 is 4.57 Å². The molecular weight excluding hydrogens is 266 g/mol. The Morgan fingerprint density at radius 1 is 0.909 bits per heavy atom. The lowest BCUT2D eigenvalue weighted by Crippen LogP contribution is -1.81. The smallest absolute Gasteiger partial charge is 0.0480 e. The molecule has 1 heterocycles. The van der Waals surface area contributed by atoms with Crippen molar-refractivity contribution in [3.8, 4) is 0 Å². The lowest BCUT2D eigenvalue weighted by Gasteiger charge is -2.00. The normalized spacial score (nSPS) is 9.95. The Hall–Kier alpha value is -2.54. The minimum absolute atomic E-state index is 1.14. The van der Waals surface area contributed by atoms with Crippen molar-refractivity contribution >= 4 is 23.1 Å². The molecule has 0 amide bonds. The van der Waals surface area contributed by atoms with E-state index in [1.807, 2.05) is 12.2 Å². The number of rotatable bonds is 2. The van der Waals surface area contributed by atoms with Crippen LogP contribution < -0.4 is 0 Å². The van der Waals surface area contributed by atoms with Gasteiger partial charge in [-0.15, -0.1) is 0 Å². The molecule has 0 atom stereocenters. The van der Waals surface area contributed by atoms with Crippen LogP contribution in [0.3, 0.4) is 0 Å². The van der Waals surface area contributed by atoms with Gasteiger partial charge in [0.05, 0.1) is 0 Å². The van der Waals surface area contributed by atoms with Crippen molar-refractivity contribution in [2.45, 2.75) is 13.8 Å². The van der Waals surface area contributed by atoms with Gasteiger partial charge in [0.25, 0.3) is 0 Å². The summed E-state index contributed by atoms with van der Waals surface area (Å²) in [5.74, 6) is 0. The molecule has 0 aliphatic carbocycles. The average molecular weight is 289 g/mol. The number of hydrogen-bond acceptors (Lipinski definition) is 0. The quantitative estimate of drug-likeness (QED) is 0.564. The summed E-state index contributed by atoms with van der Waals surface area (Å²) in [5, 5.41) is 1.36. The Morgan fingerprint density at radius 3 is 2.23 bits per heavy atom. The minimum Gasteiger partial charge on any atom is -0.350 e. The van der Waals surface area contributed by atoms with Gasteiger partial charge in [-0.2, -0.15) is 0 Å². The van der Waals surface area contributed by atoms with Crippen LogP contribution in [0.5, 0.6) is 0 Å². The van der Waals surface area contributed by atoms with E-state index in [4.69, 9.17) is 0 Å². The molecule has 3 aromatic rings. The van der Waals surface area contributed by atoms with E-state index in [1.165, 1.54) is 22.0 Å². The van der Waals surface area contributed by atoms with Gasteiger partial charge in [0.1, 0.15) is 0 Å². The number of aromatic nitrogens is 1. The molecule has 112 valence electrons. The molecule has 0 spiro atoms. The lowest BCUT2D eigenvalue weighted by molar-refractivity contribution is 0.964. The summed E-state index contributed by atoms with van der Waals surface area (Å²) < 4.78 is 2.16. The Kier molecular flexibility index (Phi) is 5.00. The van der Waals surface area contributed by atoms with Crippen LogP contribution in [0.2, 0.25) is 0 Å². The van der Waals surface area contributed by atoms with Crippen LogP contribution in [0.25, 0.3) is 23.1 Å². The van der Waals surface area contributed by atoms with Gasteiger partial charge in [-0.25, -0.2) is 0 Å². The fraction of sp³-hybridized carbons (Fsp3) is 0.143. The summed E-state index contributed by atoms with van der Waals surface area (Å²) in [5.41, 5.74) is 6.21. The highest BCUT2D eigenvalue weighted by atomic mass is 14.9. The number of benzene rings is 2. The van der Waals surface area contributed by atoms with E-state index >= 15 is 0 Å². The monoisotopic (exact) mass is 289 g/mol. The molecule has 0 aliphatic heterocycles. The topological polar surface area (TPSA) is 4.93 Å². The second kappa shape index (κ2) is 6.95. The first-order chi connectivity index (χ1) is 10.6. The molecule has 0 fully saturated rings. The van der Waals surface area contributed by atoms with Crippen molar-refractivity contribution in [3.05, 3.63) is 84.1 Å². The molecule has 0 N–H and O–H groups in total. The third kappa shape index (κ3) is 3.37. The maximum atomic E-state index is 3.73. The number of nitrogens with zero attached hydrogens (tertiary/aromatic N) is 1. The van der Waals surface area contributed by atoms with Crippen LogP contribution in [0, 0.1) is 13.8 Å². The molecule has 0 unspecified atom stereocenters. The molecule has 0 bridgehead atoms. The van der Waals surface area contributed by atoms with Gasteiger partial charge in [0.15, 0.2) is 0 Å². The zero-order chi connectivity index (χ0) is 16.1. The number of fused-ring (bicyclic) bond motifs is 1. The maximum Gasteiger partial charge on any atom is 0.0480 e. The predicted molar refractivity (Wildman–Crippen MR) is 99.0 cm³/mol. The maximum absolute atomic E-state index is 3.73. The van der Waals surface area contributed by atoms with Gasteiger partial charge in [-0.1, -0.05) is 67.3 Å². The van der Waals surface area contributed by atoms with Gasteiger partial charge in [0.2, 0.25) is 0 Å². The van der Waals surface area contributed by atoms with Gasteiger partial charge in [-0.05, 0) is 36.6 Å². The summed E-state index contributed by atoms with van der Waals surface area (Å²) in [7, 11) is 2.08. The third-order valence-electron chi connectivity index (χ3n) is 3.78. The molecular formula is C21H23N. The predicted octanol–water partition coefficient (Wildman–Crippen LogP) is 5.77. The van der Waals surface area contributed by atoms with E-state index < -0.39 is 0 Å². The molecule has 1 aromatic heterocycles. The summed E-state index contributed by atoms with van der Waals surface area (Å²) in [4.78, 5) is 0. The van der Waals surface area contributed by atoms with E-state index in [0.29, 0.717) is 0 Å². The Labute approximate surface area is 133 Å². The van der Waals surface area contributed by atoms with Crippen molar-refractivity contribution in [1.29, 1.82) is 0 Å². The zero-order valence-electron chi connectivity index (χ0n) is 13.6. The molecule has 1 heteroatoms. The molecule has 2 aromatic carbocycles. The molecule has 1 nitrogen and oxygen atoms in total. The van der Waals surface area contributed by atoms with Crippen LogP contribution >= 0.6 is 0 Å². The summed E-state index contributed by atoms with van der Waals surface area (Å²) in [6, 6.07) is 14.7. The Morgan fingerprint density at radius 2 is 1.59 bits per heavy atom. The zero-order valence-corrected chi connectivity index (χ0v) is 13.6. The summed E-state index contributed by atoms with van der Waals surface area (Å²) in [6.07, 6.45) is 5.85. The highest BCUT2D eigenvalue weighted by Crippen LogP contribution is 2.18. The number of hydrogen-bond donors (Lipinski definition) is 0. The Bertz CT molecular complexity index is 770. The first-order valence-corrected chi connectivity index (χ1v) is 7.43. The number of aryl methyl sites for hydroxylation is 3. The SMILES string of the molecule is C=Cc1ccc(C)cc1C=C.Cc1cn(C)c2ccccc12. The van der Waals surface area contributed by atoms with Gasteiger partial charge >= 0.3 is 0 Å². The molecule has 0 saturated heterocycles. The van der Waals surface area contributed by atoms with E-state index in [2.05, 4.69) is 87.3 Å².